The molecule has 2 unspecified atom stereocenters. The number of carboxylic acid groups (broad SMARTS) is 1. The van der Waals surface area contributed by atoms with Gasteiger partial charge in [0.2, 0.25) is 0 Å². The molecule has 0 aromatic heterocycles. The molecule has 0 spiro atoms. The van der Waals surface area contributed by atoms with Crippen LogP contribution in [-0.2, 0) is 4.79 Å². The zero-order valence-electron chi connectivity index (χ0n) is 13.6. The highest BCUT2D eigenvalue weighted by Gasteiger charge is 2.46. The first-order chi connectivity index (χ1) is 9.26. The van der Waals surface area contributed by atoms with E-state index in [1.54, 1.807) is 0 Å². The predicted octanol–water partition coefficient (Wildman–Crippen LogP) is 3.92. The van der Waals surface area contributed by atoms with Crippen LogP contribution in [0.3, 0.4) is 0 Å². The van der Waals surface area contributed by atoms with Gasteiger partial charge in [-0.05, 0) is 44.1 Å². The lowest BCUT2D eigenvalue weighted by molar-refractivity contribution is -0.141. The van der Waals surface area contributed by atoms with E-state index < -0.39 is 5.97 Å². The molecule has 0 saturated heterocycles. The quantitative estimate of drug-likeness (QED) is 0.849. The molecular formula is C17H31NO2. The third-order valence-electron chi connectivity index (χ3n) is 5.80. The first kappa shape index (κ1) is 15.8. The van der Waals surface area contributed by atoms with Gasteiger partial charge in [-0.2, -0.15) is 0 Å². The van der Waals surface area contributed by atoms with Crippen molar-refractivity contribution in [1.29, 1.82) is 0 Å². The van der Waals surface area contributed by atoms with Crippen LogP contribution in [0.1, 0.15) is 72.1 Å². The van der Waals surface area contributed by atoms with Gasteiger partial charge in [0.1, 0.15) is 0 Å². The molecule has 0 heterocycles. The minimum Gasteiger partial charge on any atom is -0.481 e. The van der Waals surface area contributed by atoms with E-state index in [9.17, 15) is 9.90 Å². The molecule has 0 amide bonds. The zero-order chi connectivity index (χ0) is 15.0. The van der Waals surface area contributed by atoms with Crippen molar-refractivity contribution in [2.45, 2.75) is 83.7 Å². The van der Waals surface area contributed by atoms with Crippen molar-refractivity contribution in [2.75, 3.05) is 7.05 Å². The summed E-state index contributed by atoms with van der Waals surface area (Å²) in [7, 11) is 2.19. The summed E-state index contributed by atoms with van der Waals surface area (Å²) in [5.74, 6) is 0.0336. The minimum absolute atomic E-state index is 0.0938. The Kier molecular flexibility index (Phi) is 4.48. The summed E-state index contributed by atoms with van der Waals surface area (Å²) in [5, 5.41) is 9.36. The summed E-state index contributed by atoms with van der Waals surface area (Å²) < 4.78 is 0. The average molecular weight is 281 g/mol. The second kappa shape index (κ2) is 5.67. The normalized spacial score (nSPS) is 32.5. The number of hydrogen-bond acceptors (Lipinski definition) is 2. The van der Waals surface area contributed by atoms with Gasteiger partial charge in [0.05, 0.1) is 6.42 Å². The Morgan fingerprint density at radius 1 is 1.20 bits per heavy atom. The molecular weight excluding hydrogens is 250 g/mol. The van der Waals surface area contributed by atoms with E-state index in [2.05, 4.69) is 32.7 Å². The molecule has 2 atom stereocenters. The topological polar surface area (TPSA) is 40.5 Å². The molecule has 2 aliphatic carbocycles. The highest BCUT2D eigenvalue weighted by atomic mass is 16.4. The summed E-state index contributed by atoms with van der Waals surface area (Å²) in [6.07, 6.45) is 8.51. The summed E-state index contributed by atoms with van der Waals surface area (Å²) >= 11 is 0. The molecule has 2 aliphatic rings. The molecule has 3 heteroatoms. The highest BCUT2D eigenvalue weighted by Crippen LogP contribution is 2.47. The molecule has 3 nitrogen and oxygen atoms in total. The number of carbonyl (C=O) groups is 1. The van der Waals surface area contributed by atoms with Crippen molar-refractivity contribution in [3.05, 3.63) is 0 Å². The Balaban J connectivity index is 2.18. The molecule has 0 bridgehead atoms. The largest absolute Gasteiger partial charge is 0.481 e. The fourth-order valence-electron chi connectivity index (χ4n) is 4.87. The second-order valence-electron chi connectivity index (χ2n) is 8.08. The zero-order valence-corrected chi connectivity index (χ0v) is 13.6. The van der Waals surface area contributed by atoms with Crippen LogP contribution < -0.4 is 0 Å². The van der Waals surface area contributed by atoms with Crippen LogP contribution >= 0.6 is 0 Å². The average Bonchev–Trinajstić information content (AvgIpc) is 2.62. The monoisotopic (exact) mass is 281 g/mol. The van der Waals surface area contributed by atoms with Crippen LogP contribution in [0.15, 0.2) is 0 Å². The summed E-state index contributed by atoms with van der Waals surface area (Å²) in [5.41, 5.74) is 0.306. The van der Waals surface area contributed by atoms with Crippen LogP contribution in [0.5, 0.6) is 0 Å². The number of aliphatic carboxylic acids is 1. The third-order valence-corrected chi connectivity index (χ3v) is 5.80. The lowest BCUT2D eigenvalue weighted by Crippen LogP contribution is -2.54. The fourth-order valence-corrected chi connectivity index (χ4v) is 4.87. The molecule has 0 aromatic carbocycles. The summed E-state index contributed by atoms with van der Waals surface area (Å²) in [4.78, 5) is 13.8. The Labute approximate surface area is 123 Å². The van der Waals surface area contributed by atoms with Gasteiger partial charge in [0, 0.05) is 11.6 Å². The Morgan fingerprint density at radius 3 is 2.25 bits per heavy atom. The molecule has 2 saturated carbocycles. The van der Waals surface area contributed by atoms with E-state index >= 15 is 0 Å². The van der Waals surface area contributed by atoms with Gasteiger partial charge < -0.3 is 5.11 Å². The second-order valence-corrected chi connectivity index (χ2v) is 8.08. The van der Waals surface area contributed by atoms with Gasteiger partial charge in [0.25, 0.3) is 0 Å². The van der Waals surface area contributed by atoms with Gasteiger partial charge in [-0.25, -0.2) is 0 Å². The van der Waals surface area contributed by atoms with Crippen molar-refractivity contribution in [1.82, 2.24) is 4.90 Å². The van der Waals surface area contributed by atoms with Crippen molar-refractivity contribution in [2.24, 2.45) is 11.3 Å². The van der Waals surface area contributed by atoms with Crippen LogP contribution in [0.25, 0.3) is 0 Å². The molecule has 0 radical (unpaired) electrons. The van der Waals surface area contributed by atoms with Crippen LogP contribution in [0.2, 0.25) is 0 Å². The number of carboxylic acids is 1. The molecule has 2 fully saturated rings. The van der Waals surface area contributed by atoms with Gasteiger partial charge in [-0.3, -0.25) is 9.69 Å². The fraction of sp³-hybridized carbons (Fsp3) is 0.941. The van der Waals surface area contributed by atoms with E-state index in [0.29, 0.717) is 23.8 Å². The molecule has 0 aliphatic heterocycles. The van der Waals surface area contributed by atoms with Gasteiger partial charge >= 0.3 is 5.97 Å². The van der Waals surface area contributed by atoms with Gasteiger partial charge in [0.15, 0.2) is 0 Å². The standard InChI is InChI=1S/C17H31NO2/c1-13-10-16(2,3)11-14(13)18(4)17(12-15(19)20)8-6-5-7-9-17/h13-14H,5-12H2,1-4H3,(H,19,20). The summed E-state index contributed by atoms with van der Waals surface area (Å²) in [6, 6.07) is 0.544. The molecule has 2 rings (SSSR count). The first-order valence-corrected chi connectivity index (χ1v) is 8.21. The van der Waals surface area contributed by atoms with Crippen molar-refractivity contribution in [3.8, 4) is 0 Å². The third kappa shape index (κ3) is 3.19. The minimum atomic E-state index is -0.635. The molecule has 116 valence electrons. The van der Waals surface area contributed by atoms with Crippen molar-refractivity contribution < 1.29 is 9.90 Å². The van der Waals surface area contributed by atoms with Crippen LogP contribution in [0.4, 0.5) is 0 Å². The maximum Gasteiger partial charge on any atom is 0.305 e. The van der Waals surface area contributed by atoms with E-state index in [1.807, 2.05) is 0 Å². The van der Waals surface area contributed by atoms with Crippen molar-refractivity contribution in [3.63, 3.8) is 0 Å². The van der Waals surface area contributed by atoms with E-state index in [4.69, 9.17) is 0 Å². The SMILES string of the molecule is CC1CC(C)(C)CC1N(C)C1(CC(=O)O)CCCCC1. The van der Waals surface area contributed by atoms with E-state index in [0.717, 1.165) is 12.8 Å². The van der Waals surface area contributed by atoms with Gasteiger partial charge in [-0.15, -0.1) is 0 Å². The Hall–Kier alpha value is -0.570. The Morgan fingerprint density at radius 2 is 1.80 bits per heavy atom. The predicted molar refractivity (Wildman–Crippen MR) is 81.8 cm³/mol. The van der Waals surface area contributed by atoms with Gasteiger partial charge in [-0.1, -0.05) is 40.0 Å². The first-order valence-electron chi connectivity index (χ1n) is 8.21. The molecule has 0 aromatic rings. The van der Waals surface area contributed by atoms with Crippen molar-refractivity contribution >= 4 is 5.97 Å². The lowest BCUT2D eigenvalue weighted by atomic mass is 9.76. The maximum absolute atomic E-state index is 11.4. The van der Waals surface area contributed by atoms with Crippen LogP contribution in [0, 0.1) is 11.3 Å². The maximum atomic E-state index is 11.4. The molecule has 20 heavy (non-hydrogen) atoms. The number of rotatable bonds is 4. The van der Waals surface area contributed by atoms with E-state index in [-0.39, 0.29) is 5.54 Å². The highest BCUT2D eigenvalue weighted by molar-refractivity contribution is 5.68. The van der Waals surface area contributed by atoms with Crippen LogP contribution in [-0.4, -0.2) is 34.6 Å². The smallest absolute Gasteiger partial charge is 0.305 e. The summed E-state index contributed by atoms with van der Waals surface area (Å²) in [6.45, 7) is 7.04. The molecule has 1 N–H and O–H groups in total. The number of hydrogen-bond donors (Lipinski definition) is 1. The number of nitrogens with zero attached hydrogens (tertiary/aromatic N) is 1. The van der Waals surface area contributed by atoms with E-state index in [1.165, 1.54) is 32.1 Å². The lowest BCUT2D eigenvalue weighted by Gasteiger charge is -2.48. The Bertz CT molecular complexity index is 358.